The van der Waals surface area contributed by atoms with Gasteiger partial charge < -0.3 is 14.8 Å². The molecule has 0 radical (unpaired) electrons. The van der Waals surface area contributed by atoms with Crippen molar-refractivity contribution in [2.75, 3.05) is 53.0 Å². The van der Waals surface area contributed by atoms with Crippen LogP contribution >= 0.6 is 0 Å². The maximum absolute atomic E-state index is 13.1. The number of carbonyl (C=O) groups excluding carboxylic acids is 1. The first-order valence-electron chi connectivity index (χ1n) is 10.3. The summed E-state index contributed by atoms with van der Waals surface area (Å²) < 4.78 is 62.9. The minimum Gasteiger partial charge on any atom is -0.495 e. The molecule has 1 aromatic carbocycles. The zero-order valence-corrected chi connectivity index (χ0v) is 18.4. The van der Waals surface area contributed by atoms with Crippen molar-refractivity contribution >= 4 is 15.9 Å². The van der Waals surface area contributed by atoms with Gasteiger partial charge in [0.2, 0.25) is 15.9 Å². The Kier molecular flexibility index (Phi) is 8.20. The van der Waals surface area contributed by atoms with Crippen molar-refractivity contribution < 1.29 is 31.5 Å². The summed E-state index contributed by atoms with van der Waals surface area (Å²) in [5, 5.41) is 2.93. The molecule has 174 valence electrons. The lowest BCUT2D eigenvalue weighted by Gasteiger charge is -2.32. The molecule has 3 rings (SSSR count). The fourth-order valence-electron chi connectivity index (χ4n) is 3.88. The Morgan fingerprint density at radius 3 is 2.52 bits per heavy atom. The van der Waals surface area contributed by atoms with Crippen LogP contribution in [-0.4, -0.2) is 89.0 Å². The molecule has 0 aromatic heterocycles. The first-order chi connectivity index (χ1) is 14.8. The second-order valence-corrected chi connectivity index (χ2v) is 9.62. The highest BCUT2D eigenvalue weighted by Crippen LogP contribution is 2.28. The van der Waals surface area contributed by atoms with Crippen LogP contribution in [0.15, 0.2) is 23.1 Å². The molecule has 0 aliphatic carbocycles. The van der Waals surface area contributed by atoms with Gasteiger partial charge in [-0.15, -0.1) is 0 Å². The van der Waals surface area contributed by atoms with Gasteiger partial charge in [0.05, 0.1) is 33.3 Å². The SMILES string of the molecule is COc1ccc(CC(=O)NC2CCN(CC(F)F)CC2)cc1S(=O)(=O)N1CCOCC1. The maximum Gasteiger partial charge on any atom is 0.251 e. The van der Waals surface area contributed by atoms with Crippen molar-refractivity contribution in [3.8, 4) is 5.75 Å². The molecular weight excluding hydrogens is 432 g/mol. The fraction of sp³-hybridized carbons (Fsp3) is 0.650. The van der Waals surface area contributed by atoms with Gasteiger partial charge in [-0.1, -0.05) is 6.07 Å². The molecule has 31 heavy (non-hydrogen) atoms. The van der Waals surface area contributed by atoms with E-state index in [0.29, 0.717) is 44.7 Å². The summed E-state index contributed by atoms with van der Waals surface area (Å²) in [7, 11) is -2.37. The van der Waals surface area contributed by atoms with Gasteiger partial charge in [-0.2, -0.15) is 4.31 Å². The summed E-state index contributed by atoms with van der Waals surface area (Å²) in [6.07, 6.45) is -1.12. The van der Waals surface area contributed by atoms with E-state index in [-0.39, 0.29) is 48.6 Å². The van der Waals surface area contributed by atoms with Gasteiger partial charge in [-0.3, -0.25) is 9.69 Å². The van der Waals surface area contributed by atoms with Crippen molar-refractivity contribution in [3.05, 3.63) is 23.8 Å². The van der Waals surface area contributed by atoms with E-state index >= 15 is 0 Å². The van der Waals surface area contributed by atoms with Gasteiger partial charge >= 0.3 is 0 Å². The molecule has 0 atom stereocenters. The van der Waals surface area contributed by atoms with Crippen LogP contribution in [0.5, 0.6) is 5.75 Å². The van der Waals surface area contributed by atoms with Crippen LogP contribution in [-0.2, 0) is 26.0 Å². The molecule has 0 bridgehead atoms. The summed E-state index contributed by atoms with van der Waals surface area (Å²) in [5.74, 6) is -0.00533. The van der Waals surface area contributed by atoms with Crippen LogP contribution in [0.25, 0.3) is 0 Å². The number of carbonyl (C=O) groups is 1. The number of ether oxygens (including phenoxy) is 2. The predicted octanol–water partition coefficient (Wildman–Crippen LogP) is 1.10. The van der Waals surface area contributed by atoms with Crippen LogP contribution in [0.1, 0.15) is 18.4 Å². The molecule has 1 N–H and O–H groups in total. The first kappa shape index (κ1) is 23.8. The smallest absolute Gasteiger partial charge is 0.251 e. The molecular formula is C20H29F2N3O5S. The van der Waals surface area contributed by atoms with Gasteiger partial charge in [-0.25, -0.2) is 17.2 Å². The standard InChI is InChI=1S/C20H29F2N3O5S/c1-29-17-3-2-15(12-18(17)31(27,28)25-8-10-30-11-9-25)13-20(26)23-16-4-6-24(7-5-16)14-19(21)22/h2-3,12,16,19H,4-11,13-14H2,1H3,(H,23,26). The van der Waals surface area contributed by atoms with Crippen molar-refractivity contribution in [2.45, 2.75) is 36.6 Å². The number of alkyl halides is 2. The highest BCUT2D eigenvalue weighted by molar-refractivity contribution is 7.89. The number of benzene rings is 1. The van der Waals surface area contributed by atoms with Gasteiger partial charge in [0, 0.05) is 32.2 Å². The van der Waals surface area contributed by atoms with Gasteiger partial charge in [0.15, 0.2) is 0 Å². The number of morpholine rings is 1. The van der Waals surface area contributed by atoms with E-state index in [0.717, 1.165) is 0 Å². The number of sulfonamides is 1. The second-order valence-electron chi connectivity index (χ2n) is 7.71. The minimum absolute atomic E-state index is 0.0207. The fourth-order valence-corrected chi connectivity index (χ4v) is 5.49. The van der Waals surface area contributed by atoms with Gasteiger partial charge in [0.25, 0.3) is 6.43 Å². The van der Waals surface area contributed by atoms with Crippen molar-refractivity contribution in [2.24, 2.45) is 0 Å². The summed E-state index contributed by atoms with van der Waals surface area (Å²) in [4.78, 5) is 14.2. The highest BCUT2D eigenvalue weighted by Gasteiger charge is 2.30. The quantitative estimate of drug-likeness (QED) is 0.624. The average molecular weight is 462 g/mol. The summed E-state index contributed by atoms with van der Waals surface area (Å²) in [5.41, 5.74) is 0.556. The number of halogens is 2. The number of methoxy groups -OCH3 is 1. The van der Waals surface area contributed by atoms with Crippen LogP contribution in [0, 0.1) is 0 Å². The molecule has 2 aliphatic heterocycles. The Bertz CT molecular complexity index is 854. The molecule has 1 aromatic rings. The Morgan fingerprint density at radius 2 is 1.90 bits per heavy atom. The van der Waals surface area contributed by atoms with Gasteiger partial charge in [0.1, 0.15) is 10.6 Å². The summed E-state index contributed by atoms with van der Waals surface area (Å²) in [6, 6.07) is 4.63. The summed E-state index contributed by atoms with van der Waals surface area (Å²) in [6.45, 7) is 1.98. The van der Waals surface area contributed by atoms with E-state index in [1.165, 1.54) is 17.5 Å². The third kappa shape index (κ3) is 6.34. The Balaban J connectivity index is 1.63. The molecule has 2 aliphatic rings. The monoisotopic (exact) mass is 461 g/mol. The molecule has 8 nitrogen and oxygen atoms in total. The van der Waals surface area contributed by atoms with Crippen LogP contribution in [0.4, 0.5) is 8.78 Å². The molecule has 11 heteroatoms. The molecule has 2 fully saturated rings. The molecule has 1 amide bonds. The molecule has 0 unspecified atom stereocenters. The van der Waals surface area contributed by atoms with E-state index < -0.39 is 16.4 Å². The Labute approximate surface area is 181 Å². The van der Waals surface area contributed by atoms with Crippen molar-refractivity contribution in [1.82, 2.24) is 14.5 Å². The first-order valence-corrected chi connectivity index (χ1v) is 11.8. The largest absolute Gasteiger partial charge is 0.495 e. The van der Waals surface area contributed by atoms with E-state index in [9.17, 15) is 22.0 Å². The number of nitrogens with one attached hydrogen (secondary N) is 1. The summed E-state index contributed by atoms with van der Waals surface area (Å²) >= 11 is 0. The predicted molar refractivity (Wildman–Crippen MR) is 110 cm³/mol. The highest BCUT2D eigenvalue weighted by atomic mass is 32.2. The number of amides is 1. The topological polar surface area (TPSA) is 88.2 Å². The average Bonchev–Trinajstić information content (AvgIpc) is 2.75. The third-order valence-corrected chi connectivity index (χ3v) is 7.45. The second kappa shape index (κ2) is 10.7. The number of hydrogen-bond acceptors (Lipinski definition) is 6. The van der Waals surface area contributed by atoms with E-state index in [1.54, 1.807) is 17.0 Å². The molecule has 2 saturated heterocycles. The lowest BCUT2D eigenvalue weighted by Crippen LogP contribution is -2.46. The normalized spacial score (nSPS) is 19.5. The van der Waals surface area contributed by atoms with Crippen LogP contribution in [0.2, 0.25) is 0 Å². The number of nitrogens with zero attached hydrogens (tertiary/aromatic N) is 2. The molecule has 0 saturated carbocycles. The van der Waals surface area contributed by atoms with Crippen molar-refractivity contribution in [3.63, 3.8) is 0 Å². The zero-order chi connectivity index (χ0) is 22.4. The Morgan fingerprint density at radius 1 is 1.23 bits per heavy atom. The van der Waals surface area contributed by atoms with Crippen molar-refractivity contribution in [1.29, 1.82) is 0 Å². The lowest BCUT2D eigenvalue weighted by atomic mass is 10.0. The lowest BCUT2D eigenvalue weighted by molar-refractivity contribution is -0.121. The number of rotatable bonds is 8. The maximum atomic E-state index is 13.1. The molecule has 0 spiro atoms. The van der Waals surface area contributed by atoms with E-state index in [1.807, 2.05) is 0 Å². The third-order valence-electron chi connectivity index (χ3n) is 5.53. The van der Waals surface area contributed by atoms with E-state index in [2.05, 4.69) is 5.32 Å². The number of hydrogen-bond donors (Lipinski definition) is 1. The number of likely N-dealkylation sites (tertiary alicyclic amines) is 1. The van der Waals surface area contributed by atoms with Gasteiger partial charge in [-0.05, 0) is 30.5 Å². The Hall–Kier alpha value is -1.82. The minimum atomic E-state index is -3.78. The van der Waals surface area contributed by atoms with E-state index in [4.69, 9.17) is 9.47 Å². The van der Waals surface area contributed by atoms with Crippen LogP contribution in [0.3, 0.4) is 0 Å². The van der Waals surface area contributed by atoms with Crippen LogP contribution < -0.4 is 10.1 Å². The molecule has 2 heterocycles. The zero-order valence-electron chi connectivity index (χ0n) is 17.6. The number of piperidine rings is 1.